The minimum Gasteiger partial charge on any atom is -0.459 e. The fraction of sp³-hybridized carbons (Fsp3) is 0.400. The van der Waals surface area contributed by atoms with Gasteiger partial charge in [-0.05, 0) is 30.5 Å². The third-order valence-corrected chi connectivity index (χ3v) is 5.86. The molecule has 10 nitrogen and oxygen atoms in total. The molecule has 0 bridgehead atoms. The molecule has 1 aliphatic heterocycles. The van der Waals surface area contributed by atoms with E-state index in [1.165, 1.54) is 0 Å². The molecule has 1 amide bonds. The van der Waals surface area contributed by atoms with Gasteiger partial charge in [-0.3, -0.25) is 14.6 Å². The third kappa shape index (κ3) is 7.61. The zero-order chi connectivity index (χ0) is 25.2. The van der Waals surface area contributed by atoms with E-state index in [0.29, 0.717) is 37.1 Å². The average molecular weight is 483 g/mol. The topological polar surface area (TPSA) is 144 Å². The van der Waals surface area contributed by atoms with E-state index in [9.17, 15) is 14.4 Å². The lowest BCUT2D eigenvalue weighted by molar-refractivity contribution is -0.154. The van der Waals surface area contributed by atoms with Crippen molar-refractivity contribution in [3.8, 4) is 0 Å². The molecule has 0 aliphatic carbocycles. The zero-order valence-corrected chi connectivity index (χ0v) is 19.6. The van der Waals surface area contributed by atoms with Crippen LogP contribution in [0.25, 0.3) is 0 Å². The standard InChI is InChI=1S/C25H30N4O6/c1-17(14-22(30)19-2-4-20(5-3-19)24(26)28-33)25(32)29-12-8-21(9-13-29)34-16-23(31)35-15-18-6-10-27-11-7-18/h2-7,10-11,17,21,33H,8-9,12-16H2,1H3,(H2,26,28). The number of ketones is 1. The predicted octanol–water partition coefficient (Wildman–Crippen LogP) is 2.14. The van der Waals surface area contributed by atoms with Gasteiger partial charge in [0.2, 0.25) is 5.91 Å². The van der Waals surface area contributed by atoms with Gasteiger partial charge >= 0.3 is 5.97 Å². The van der Waals surface area contributed by atoms with Crippen molar-refractivity contribution in [1.82, 2.24) is 9.88 Å². The lowest BCUT2D eigenvalue weighted by atomic mass is 9.96. The van der Waals surface area contributed by atoms with Gasteiger partial charge in [-0.2, -0.15) is 0 Å². The summed E-state index contributed by atoms with van der Waals surface area (Å²) in [5.41, 5.74) is 7.35. The van der Waals surface area contributed by atoms with Crippen molar-refractivity contribution in [3.05, 3.63) is 65.5 Å². The minimum absolute atomic E-state index is 0.0400. The fourth-order valence-corrected chi connectivity index (χ4v) is 3.79. The molecule has 1 fully saturated rings. The van der Waals surface area contributed by atoms with E-state index >= 15 is 0 Å². The molecule has 3 rings (SSSR count). The molecule has 1 atom stereocenters. The summed E-state index contributed by atoms with van der Waals surface area (Å²) in [6, 6.07) is 9.92. The number of Topliss-reactive ketones (excluding diaryl/α,β-unsaturated/α-hetero) is 1. The monoisotopic (exact) mass is 482 g/mol. The van der Waals surface area contributed by atoms with Crippen LogP contribution in [-0.2, 0) is 25.7 Å². The maximum atomic E-state index is 12.8. The molecule has 1 aromatic carbocycles. The van der Waals surface area contributed by atoms with Gasteiger partial charge in [0.15, 0.2) is 11.6 Å². The number of likely N-dealkylation sites (tertiary alicyclic amines) is 1. The predicted molar refractivity (Wildman–Crippen MR) is 127 cm³/mol. The van der Waals surface area contributed by atoms with Gasteiger partial charge in [-0.25, -0.2) is 4.79 Å². The zero-order valence-electron chi connectivity index (χ0n) is 19.6. The molecular formula is C25H30N4O6. The summed E-state index contributed by atoms with van der Waals surface area (Å²) in [6.45, 7) is 2.78. The Labute approximate surface area is 203 Å². The number of hydrogen-bond donors (Lipinski definition) is 2. The Morgan fingerprint density at radius 2 is 1.74 bits per heavy atom. The van der Waals surface area contributed by atoms with Crippen LogP contribution in [0.5, 0.6) is 0 Å². The van der Waals surface area contributed by atoms with Crippen molar-refractivity contribution >= 4 is 23.5 Å². The molecule has 1 aliphatic rings. The van der Waals surface area contributed by atoms with Crippen molar-refractivity contribution in [1.29, 1.82) is 0 Å². The fourth-order valence-electron chi connectivity index (χ4n) is 3.79. The second-order valence-corrected chi connectivity index (χ2v) is 8.44. The summed E-state index contributed by atoms with van der Waals surface area (Å²) in [5.74, 6) is -1.18. The van der Waals surface area contributed by atoms with Crippen molar-refractivity contribution in [2.75, 3.05) is 19.7 Å². The van der Waals surface area contributed by atoms with E-state index in [2.05, 4.69) is 10.1 Å². The van der Waals surface area contributed by atoms with E-state index in [1.54, 1.807) is 60.6 Å². The highest BCUT2D eigenvalue weighted by Gasteiger charge is 2.28. The summed E-state index contributed by atoms with van der Waals surface area (Å²) in [7, 11) is 0. The van der Waals surface area contributed by atoms with Crippen LogP contribution in [0.4, 0.5) is 0 Å². The number of rotatable bonds is 10. The Hall–Kier alpha value is -3.79. The molecule has 186 valence electrons. The van der Waals surface area contributed by atoms with Crippen molar-refractivity contribution in [3.63, 3.8) is 0 Å². The van der Waals surface area contributed by atoms with Crippen LogP contribution < -0.4 is 5.73 Å². The number of ether oxygens (including phenoxy) is 2. The molecular weight excluding hydrogens is 452 g/mol. The highest BCUT2D eigenvalue weighted by molar-refractivity contribution is 6.01. The average Bonchev–Trinajstić information content (AvgIpc) is 2.90. The van der Waals surface area contributed by atoms with E-state index in [4.69, 9.17) is 20.4 Å². The number of nitrogens with zero attached hydrogens (tertiary/aromatic N) is 3. The quantitative estimate of drug-likeness (QED) is 0.131. The number of benzene rings is 1. The number of carbonyl (C=O) groups excluding carboxylic acids is 3. The minimum atomic E-state index is -0.466. The number of oxime groups is 1. The van der Waals surface area contributed by atoms with Crippen molar-refractivity contribution < 1.29 is 29.1 Å². The lowest BCUT2D eigenvalue weighted by Gasteiger charge is -2.33. The second-order valence-electron chi connectivity index (χ2n) is 8.44. The summed E-state index contributed by atoms with van der Waals surface area (Å²) in [5, 5.41) is 11.7. The Bertz CT molecular complexity index is 1030. The molecule has 1 saturated heterocycles. The molecule has 0 radical (unpaired) electrons. The van der Waals surface area contributed by atoms with Gasteiger partial charge in [0.05, 0.1) is 6.10 Å². The second kappa shape index (κ2) is 12.6. The summed E-state index contributed by atoms with van der Waals surface area (Å²) >= 11 is 0. The van der Waals surface area contributed by atoms with Gasteiger partial charge in [0.1, 0.15) is 13.2 Å². The van der Waals surface area contributed by atoms with Crippen LogP contribution in [0.1, 0.15) is 47.7 Å². The Morgan fingerprint density at radius 1 is 1.11 bits per heavy atom. The number of aromatic nitrogens is 1. The van der Waals surface area contributed by atoms with Gasteiger partial charge in [0, 0.05) is 48.9 Å². The Balaban J connectivity index is 1.38. The number of amidine groups is 1. The number of carbonyl (C=O) groups is 3. The molecule has 3 N–H and O–H groups in total. The number of amides is 1. The van der Waals surface area contributed by atoms with Crippen LogP contribution in [-0.4, -0.2) is 64.4 Å². The van der Waals surface area contributed by atoms with E-state index in [0.717, 1.165) is 5.56 Å². The molecule has 35 heavy (non-hydrogen) atoms. The number of hydrogen-bond acceptors (Lipinski definition) is 8. The first-order valence-electron chi connectivity index (χ1n) is 11.4. The molecule has 1 unspecified atom stereocenters. The molecule has 2 aromatic rings. The number of nitrogens with two attached hydrogens (primary N) is 1. The van der Waals surface area contributed by atoms with Crippen LogP contribution >= 0.6 is 0 Å². The molecule has 1 aromatic heterocycles. The normalized spacial score (nSPS) is 15.5. The summed E-state index contributed by atoms with van der Waals surface area (Å²) in [6.07, 6.45) is 4.45. The maximum Gasteiger partial charge on any atom is 0.332 e. The van der Waals surface area contributed by atoms with Crippen LogP contribution in [0, 0.1) is 5.92 Å². The maximum absolute atomic E-state index is 12.8. The molecule has 0 saturated carbocycles. The van der Waals surface area contributed by atoms with Crippen molar-refractivity contribution in [2.45, 2.75) is 38.9 Å². The number of piperidine rings is 1. The van der Waals surface area contributed by atoms with Gasteiger partial charge in [-0.1, -0.05) is 36.3 Å². The van der Waals surface area contributed by atoms with Gasteiger partial charge < -0.3 is 25.3 Å². The van der Waals surface area contributed by atoms with E-state index in [-0.39, 0.29) is 43.3 Å². The van der Waals surface area contributed by atoms with Crippen LogP contribution in [0.2, 0.25) is 0 Å². The molecule has 0 spiro atoms. The molecule has 2 heterocycles. The smallest absolute Gasteiger partial charge is 0.332 e. The van der Waals surface area contributed by atoms with Crippen molar-refractivity contribution in [2.24, 2.45) is 16.8 Å². The first kappa shape index (κ1) is 25.8. The SMILES string of the molecule is CC(CC(=O)c1ccc(/C(N)=N/O)cc1)C(=O)N1CCC(OCC(=O)OCc2ccncc2)CC1. The Morgan fingerprint density at radius 3 is 2.37 bits per heavy atom. The van der Waals surface area contributed by atoms with Crippen LogP contribution in [0.15, 0.2) is 53.9 Å². The largest absolute Gasteiger partial charge is 0.459 e. The first-order valence-corrected chi connectivity index (χ1v) is 11.4. The number of pyridine rings is 1. The summed E-state index contributed by atoms with van der Waals surface area (Å²) in [4.78, 5) is 43.0. The third-order valence-electron chi connectivity index (χ3n) is 5.86. The highest BCUT2D eigenvalue weighted by Crippen LogP contribution is 2.19. The highest BCUT2D eigenvalue weighted by atomic mass is 16.6. The number of esters is 1. The van der Waals surface area contributed by atoms with Crippen LogP contribution in [0.3, 0.4) is 0 Å². The summed E-state index contributed by atoms with van der Waals surface area (Å²) < 4.78 is 10.9. The van der Waals surface area contributed by atoms with E-state index in [1.807, 2.05) is 0 Å². The van der Waals surface area contributed by atoms with E-state index < -0.39 is 11.9 Å². The molecule has 10 heteroatoms. The first-order chi connectivity index (χ1) is 16.9. The Kier molecular flexibility index (Phi) is 9.31. The lowest BCUT2D eigenvalue weighted by Crippen LogP contribution is -2.43. The van der Waals surface area contributed by atoms with Gasteiger partial charge in [-0.15, -0.1) is 0 Å². The van der Waals surface area contributed by atoms with Gasteiger partial charge in [0.25, 0.3) is 0 Å².